The summed E-state index contributed by atoms with van der Waals surface area (Å²) < 4.78 is 2.28. The maximum atomic E-state index is 9.82. The number of hydrogen-bond acceptors (Lipinski definition) is 3. The van der Waals surface area contributed by atoms with Crippen molar-refractivity contribution in [2.24, 2.45) is 0 Å². The van der Waals surface area contributed by atoms with Crippen molar-refractivity contribution < 1.29 is 5.11 Å². The fourth-order valence-electron chi connectivity index (χ4n) is 2.63. The Morgan fingerprint density at radius 2 is 1.95 bits per heavy atom. The molecule has 1 fully saturated rings. The number of rotatable bonds is 2. The van der Waals surface area contributed by atoms with Gasteiger partial charge in [-0.3, -0.25) is 0 Å². The second kappa shape index (κ2) is 4.00. The van der Waals surface area contributed by atoms with Gasteiger partial charge in [0.1, 0.15) is 11.6 Å². The molecule has 4 rings (SSSR count). The third-order valence-corrected chi connectivity index (χ3v) is 3.80. The van der Waals surface area contributed by atoms with Gasteiger partial charge in [-0.25, -0.2) is 4.98 Å². The van der Waals surface area contributed by atoms with Crippen LogP contribution in [-0.4, -0.2) is 14.7 Å². The van der Waals surface area contributed by atoms with Gasteiger partial charge in [0.15, 0.2) is 0 Å². The smallest absolute Gasteiger partial charge is 0.141 e. The summed E-state index contributed by atoms with van der Waals surface area (Å²) in [5, 5.41) is 9.82. The topological polar surface area (TPSA) is 64.1 Å². The summed E-state index contributed by atoms with van der Waals surface area (Å²) in [6.45, 7) is 0. The molecular formula is C16H15N3O. The van der Waals surface area contributed by atoms with Crippen LogP contribution in [0, 0.1) is 0 Å². The van der Waals surface area contributed by atoms with Gasteiger partial charge in [0.25, 0.3) is 0 Å². The maximum absolute atomic E-state index is 9.82. The molecule has 1 heterocycles. The van der Waals surface area contributed by atoms with Gasteiger partial charge in [0.2, 0.25) is 0 Å². The minimum Gasteiger partial charge on any atom is -0.506 e. The standard InChI is InChI=1S/C16H15N3O/c17-12-8-5-10(9-15(12)20)16-18-13-3-1-2-4-14(13)19(16)11-6-7-11/h1-5,8-9,11,20H,6-7,17H2. The van der Waals surface area contributed by atoms with E-state index in [1.54, 1.807) is 12.1 Å². The number of phenolic OH excluding ortho intramolecular Hbond substituents is 1. The summed E-state index contributed by atoms with van der Waals surface area (Å²) in [4.78, 5) is 4.73. The van der Waals surface area contributed by atoms with Gasteiger partial charge in [-0.1, -0.05) is 12.1 Å². The third-order valence-electron chi connectivity index (χ3n) is 3.80. The Hall–Kier alpha value is -2.49. The number of anilines is 1. The van der Waals surface area contributed by atoms with Crippen LogP contribution in [0.4, 0.5) is 5.69 Å². The van der Waals surface area contributed by atoms with Gasteiger partial charge in [-0.2, -0.15) is 0 Å². The number of imidazole rings is 1. The number of para-hydroxylation sites is 2. The van der Waals surface area contributed by atoms with E-state index in [0.29, 0.717) is 11.7 Å². The molecule has 0 saturated heterocycles. The van der Waals surface area contributed by atoms with E-state index in [0.717, 1.165) is 22.4 Å². The number of nitrogens with two attached hydrogens (primary N) is 1. The van der Waals surface area contributed by atoms with Crippen LogP contribution in [0.25, 0.3) is 22.4 Å². The van der Waals surface area contributed by atoms with Crippen molar-refractivity contribution in [2.45, 2.75) is 18.9 Å². The number of hydrogen-bond donors (Lipinski definition) is 2. The molecule has 100 valence electrons. The van der Waals surface area contributed by atoms with Gasteiger partial charge < -0.3 is 15.4 Å². The first-order valence-corrected chi connectivity index (χ1v) is 6.80. The highest BCUT2D eigenvalue weighted by atomic mass is 16.3. The second-order valence-corrected chi connectivity index (χ2v) is 5.30. The number of phenols is 1. The molecule has 3 N–H and O–H groups in total. The molecule has 1 aromatic heterocycles. The molecule has 1 aliphatic rings. The highest BCUT2D eigenvalue weighted by molar-refractivity contribution is 5.81. The summed E-state index contributed by atoms with van der Waals surface area (Å²) in [5.74, 6) is 1.01. The van der Waals surface area contributed by atoms with Crippen LogP contribution < -0.4 is 5.73 Å². The summed E-state index contributed by atoms with van der Waals surface area (Å²) >= 11 is 0. The fraction of sp³-hybridized carbons (Fsp3) is 0.188. The monoisotopic (exact) mass is 265 g/mol. The van der Waals surface area contributed by atoms with E-state index in [1.807, 2.05) is 24.3 Å². The molecule has 1 aliphatic carbocycles. The van der Waals surface area contributed by atoms with Crippen LogP contribution >= 0.6 is 0 Å². The molecule has 2 aromatic carbocycles. The Bertz CT molecular complexity index is 803. The Labute approximate surface area is 116 Å². The summed E-state index contributed by atoms with van der Waals surface area (Å²) in [7, 11) is 0. The van der Waals surface area contributed by atoms with Gasteiger partial charge in [0.05, 0.1) is 16.7 Å². The molecular weight excluding hydrogens is 250 g/mol. The van der Waals surface area contributed by atoms with E-state index in [2.05, 4.69) is 10.6 Å². The molecule has 4 heteroatoms. The fourth-order valence-corrected chi connectivity index (χ4v) is 2.63. The zero-order valence-corrected chi connectivity index (χ0v) is 11.0. The van der Waals surface area contributed by atoms with Gasteiger partial charge >= 0.3 is 0 Å². The van der Waals surface area contributed by atoms with Crippen LogP contribution in [0.1, 0.15) is 18.9 Å². The number of fused-ring (bicyclic) bond motifs is 1. The molecule has 0 aliphatic heterocycles. The molecule has 1 saturated carbocycles. The molecule has 0 atom stereocenters. The first-order valence-electron chi connectivity index (χ1n) is 6.80. The normalized spacial score (nSPS) is 14.8. The van der Waals surface area contributed by atoms with Crippen molar-refractivity contribution in [1.82, 2.24) is 9.55 Å². The van der Waals surface area contributed by atoms with Gasteiger partial charge in [0, 0.05) is 11.6 Å². The molecule has 20 heavy (non-hydrogen) atoms. The Morgan fingerprint density at radius 3 is 2.70 bits per heavy atom. The first kappa shape index (κ1) is 11.3. The number of aromatic hydroxyl groups is 1. The number of nitrogens with zero attached hydrogens (tertiary/aromatic N) is 2. The van der Waals surface area contributed by atoms with Crippen LogP contribution in [0.2, 0.25) is 0 Å². The van der Waals surface area contributed by atoms with Crippen molar-refractivity contribution in [3.8, 4) is 17.1 Å². The molecule has 0 unspecified atom stereocenters. The third kappa shape index (κ3) is 1.65. The lowest BCUT2D eigenvalue weighted by Gasteiger charge is -2.08. The quantitative estimate of drug-likeness (QED) is 0.552. The van der Waals surface area contributed by atoms with Crippen molar-refractivity contribution in [3.63, 3.8) is 0 Å². The van der Waals surface area contributed by atoms with E-state index in [1.165, 1.54) is 12.8 Å². The molecule has 0 radical (unpaired) electrons. The number of aromatic nitrogens is 2. The largest absolute Gasteiger partial charge is 0.506 e. The van der Waals surface area contributed by atoms with Crippen LogP contribution in [-0.2, 0) is 0 Å². The van der Waals surface area contributed by atoms with Crippen LogP contribution in [0.15, 0.2) is 42.5 Å². The van der Waals surface area contributed by atoms with E-state index in [4.69, 9.17) is 10.7 Å². The zero-order chi connectivity index (χ0) is 13.7. The number of nitrogen functional groups attached to an aromatic ring is 1. The summed E-state index contributed by atoms with van der Waals surface area (Å²) in [6.07, 6.45) is 2.38. The van der Waals surface area contributed by atoms with Gasteiger partial charge in [-0.15, -0.1) is 0 Å². The SMILES string of the molecule is Nc1ccc(-c2nc3ccccc3n2C2CC2)cc1O. The lowest BCUT2D eigenvalue weighted by atomic mass is 10.2. The molecule has 0 amide bonds. The van der Waals surface area contributed by atoms with Crippen molar-refractivity contribution >= 4 is 16.7 Å². The van der Waals surface area contributed by atoms with E-state index < -0.39 is 0 Å². The average Bonchev–Trinajstić information content (AvgIpc) is 3.22. The van der Waals surface area contributed by atoms with Crippen LogP contribution in [0.5, 0.6) is 5.75 Å². The minimum atomic E-state index is 0.108. The van der Waals surface area contributed by atoms with E-state index in [-0.39, 0.29) is 5.75 Å². The Balaban J connectivity index is 1.98. The van der Waals surface area contributed by atoms with Crippen molar-refractivity contribution in [1.29, 1.82) is 0 Å². The molecule has 0 bridgehead atoms. The zero-order valence-electron chi connectivity index (χ0n) is 11.0. The lowest BCUT2D eigenvalue weighted by Crippen LogP contribution is -1.97. The molecule has 3 aromatic rings. The van der Waals surface area contributed by atoms with Gasteiger partial charge in [-0.05, 0) is 43.2 Å². The first-order chi connectivity index (χ1) is 9.74. The van der Waals surface area contributed by atoms with E-state index >= 15 is 0 Å². The highest BCUT2D eigenvalue weighted by Crippen LogP contribution is 2.41. The van der Waals surface area contributed by atoms with Crippen molar-refractivity contribution in [3.05, 3.63) is 42.5 Å². The highest BCUT2D eigenvalue weighted by Gasteiger charge is 2.28. The lowest BCUT2D eigenvalue weighted by molar-refractivity contribution is 0.478. The predicted molar refractivity (Wildman–Crippen MR) is 79.5 cm³/mol. The Kier molecular flexibility index (Phi) is 2.27. The molecule has 0 spiro atoms. The van der Waals surface area contributed by atoms with Crippen LogP contribution in [0.3, 0.4) is 0 Å². The predicted octanol–water partition coefficient (Wildman–Crippen LogP) is 3.33. The summed E-state index contributed by atoms with van der Waals surface area (Å²) in [5.41, 5.74) is 9.11. The molecule has 4 nitrogen and oxygen atoms in total. The second-order valence-electron chi connectivity index (χ2n) is 5.30. The Morgan fingerprint density at radius 1 is 1.15 bits per heavy atom. The number of benzene rings is 2. The van der Waals surface area contributed by atoms with E-state index in [9.17, 15) is 5.11 Å². The minimum absolute atomic E-state index is 0.108. The maximum Gasteiger partial charge on any atom is 0.141 e. The van der Waals surface area contributed by atoms with Crippen molar-refractivity contribution in [2.75, 3.05) is 5.73 Å². The average molecular weight is 265 g/mol. The summed E-state index contributed by atoms with van der Waals surface area (Å²) in [6, 6.07) is 14.0.